The van der Waals surface area contributed by atoms with Crippen LogP contribution in [0.2, 0.25) is 5.15 Å². The number of aromatic nitrogens is 1. The Kier molecular flexibility index (Phi) is 2.24. The number of hydrogen-bond acceptors (Lipinski definition) is 1. The van der Waals surface area contributed by atoms with Gasteiger partial charge in [-0.2, -0.15) is 0 Å². The van der Waals surface area contributed by atoms with Gasteiger partial charge in [0.2, 0.25) is 5.56 Å². The molecule has 60 valence electrons. The Labute approximate surface area is 65.8 Å². The van der Waals surface area contributed by atoms with Gasteiger partial charge in [-0.3, -0.25) is 4.79 Å². The van der Waals surface area contributed by atoms with Gasteiger partial charge in [0.25, 0.3) is 6.43 Å². The van der Waals surface area contributed by atoms with Gasteiger partial charge in [0.1, 0.15) is 5.15 Å². The van der Waals surface area contributed by atoms with E-state index in [0.29, 0.717) is 0 Å². The van der Waals surface area contributed by atoms with Gasteiger partial charge in [-0.1, -0.05) is 11.6 Å². The molecule has 0 unspecified atom stereocenters. The lowest BCUT2D eigenvalue weighted by atomic mass is 10.3. The van der Waals surface area contributed by atoms with E-state index in [1.807, 2.05) is 4.98 Å². The van der Waals surface area contributed by atoms with Crippen molar-refractivity contribution in [3.8, 4) is 0 Å². The summed E-state index contributed by atoms with van der Waals surface area (Å²) in [7, 11) is 0. The van der Waals surface area contributed by atoms with Crippen molar-refractivity contribution in [3.63, 3.8) is 0 Å². The van der Waals surface area contributed by atoms with E-state index in [1.54, 1.807) is 0 Å². The molecular formula is C6H4ClF2NO. The van der Waals surface area contributed by atoms with Gasteiger partial charge in [0.05, 0.1) is 5.56 Å². The van der Waals surface area contributed by atoms with Gasteiger partial charge in [-0.25, -0.2) is 8.78 Å². The Morgan fingerprint density at radius 3 is 2.55 bits per heavy atom. The fraction of sp³-hybridized carbons (Fsp3) is 0.167. The molecule has 1 aromatic rings. The number of pyridine rings is 1. The number of rotatable bonds is 1. The summed E-state index contributed by atoms with van der Waals surface area (Å²) in [5.74, 6) is 0. The van der Waals surface area contributed by atoms with E-state index >= 15 is 0 Å². The van der Waals surface area contributed by atoms with Crippen LogP contribution in [0.5, 0.6) is 0 Å². The first kappa shape index (κ1) is 8.20. The van der Waals surface area contributed by atoms with Crippen LogP contribution in [-0.2, 0) is 0 Å². The van der Waals surface area contributed by atoms with Crippen LogP contribution < -0.4 is 5.56 Å². The normalized spacial score (nSPS) is 10.5. The highest BCUT2D eigenvalue weighted by molar-refractivity contribution is 6.30. The molecule has 1 rings (SSSR count). The molecule has 0 saturated heterocycles. The Bertz CT molecular complexity index is 310. The SMILES string of the molecule is O=c1ccc(C(F)F)c(Cl)[nH]1. The van der Waals surface area contributed by atoms with Gasteiger partial charge in [0, 0.05) is 6.07 Å². The molecule has 2 nitrogen and oxygen atoms in total. The topological polar surface area (TPSA) is 32.9 Å². The van der Waals surface area contributed by atoms with Crippen molar-refractivity contribution >= 4 is 11.6 Å². The Morgan fingerprint density at radius 2 is 2.09 bits per heavy atom. The predicted octanol–water partition coefficient (Wildman–Crippen LogP) is 1.97. The van der Waals surface area contributed by atoms with E-state index in [2.05, 4.69) is 0 Å². The van der Waals surface area contributed by atoms with Gasteiger partial charge in [0.15, 0.2) is 0 Å². The third kappa shape index (κ3) is 1.77. The summed E-state index contributed by atoms with van der Waals surface area (Å²) in [5, 5.41) is -0.299. The zero-order chi connectivity index (χ0) is 8.43. The quantitative estimate of drug-likeness (QED) is 0.657. The molecule has 0 bridgehead atoms. The van der Waals surface area contributed by atoms with E-state index in [0.717, 1.165) is 12.1 Å². The van der Waals surface area contributed by atoms with Gasteiger partial charge < -0.3 is 4.98 Å². The van der Waals surface area contributed by atoms with E-state index in [4.69, 9.17) is 11.6 Å². The molecule has 0 aliphatic rings. The number of alkyl halides is 2. The molecule has 1 aromatic heterocycles. The lowest BCUT2D eigenvalue weighted by Crippen LogP contribution is -2.05. The van der Waals surface area contributed by atoms with Crippen molar-refractivity contribution in [2.24, 2.45) is 0 Å². The Morgan fingerprint density at radius 1 is 1.45 bits per heavy atom. The summed E-state index contributed by atoms with van der Waals surface area (Å²) in [6.07, 6.45) is -2.65. The number of aromatic amines is 1. The number of hydrogen-bond donors (Lipinski definition) is 1. The molecule has 0 amide bonds. The number of nitrogens with one attached hydrogen (secondary N) is 1. The van der Waals surface area contributed by atoms with Crippen LogP contribution in [0, 0.1) is 0 Å². The molecule has 5 heteroatoms. The van der Waals surface area contributed by atoms with Crippen LogP contribution in [0.3, 0.4) is 0 Å². The minimum Gasteiger partial charge on any atom is -0.313 e. The monoisotopic (exact) mass is 179 g/mol. The summed E-state index contributed by atoms with van der Waals surface area (Å²) in [5.41, 5.74) is -0.842. The molecule has 1 N–H and O–H groups in total. The first-order valence-electron chi connectivity index (χ1n) is 2.78. The van der Waals surface area contributed by atoms with Crippen LogP contribution >= 0.6 is 11.6 Å². The first-order chi connectivity index (χ1) is 5.11. The maximum Gasteiger partial charge on any atom is 0.266 e. The van der Waals surface area contributed by atoms with Gasteiger partial charge in [-0.05, 0) is 6.07 Å². The zero-order valence-electron chi connectivity index (χ0n) is 5.27. The second-order valence-electron chi connectivity index (χ2n) is 1.89. The fourth-order valence-corrected chi connectivity index (χ4v) is 0.868. The molecular weight excluding hydrogens is 176 g/mol. The van der Waals surface area contributed by atoms with Crippen LogP contribution in [0.25, 0.3) is 0 Å². The third-order valence-corrected chi connectivity index (χ3v) is 1.45. The molecule has 11 heavy (non-hydrogen) atoms. The Balaban J connectivity index is 3.20. The first-order valence-corrected chi connectivity index (χ1v) is 3.16. The predicted molar refractivity (Wildman–Crippen MR) is 37.0 cm³/mol. The summed E-state index contributed by atoms with van der Waals surface area (Å²) >= 11 is 5.29. The molecule has 0 radical (unpaired) electrons. The average molecular weight is 180 g/mol. The largest absolute Gasteiger partial charge is 0.313 e. The third-order valence-electron chi connectivity index (χ3n) is 1.14. The van der Waals surface area contributed by atoms with E-state index in [-0.39, 0.29) is 10.7 Å². The van der Waals surface area contributed by atoms with Crippen LogP contribution in [-0.4, -0.2) is 4.98 Å². The molecule has 0 aromatic carbocycles. The maximum absolute atomic E-state index is 12.0. The summed E-state index contributed by atoms with van der Waals surface area (Å²) in [6, 6.07) is 2.01. The molecule has 0 fully saturated rings. The van der Waals surface area contributed by atoms with E-state index in [9.17, 15) is 13.6 Å². The molecule has 1 heterocycles. The van der Waals surface area contributed by atoms with Gasteiger partial charge in [-0.15, -0.1) is 0 Å². The molecule has 0 atom stereocenters. The Hall–Kier alpha value is -0.900. The standard InChI is InChI=1S/C6H4ClF2NO/c7-5-3(6(8)9)1-2-4(11)10-5/h1-2,6H,(H,10,11). The smallest absolute Gasteiger partial charge is 0.266 e. The maximum atomic E-state index is 12.0. The number of H-pyrrole nitrogens is 1. The van der Waals surface area contributed by atoms with Crippen molar-refractivity contribution in [2.45, 2.75) is 6.43 Å². The molecule has 0 aliphatic heterocycles. The van der Waals surface area contributed by atoms with Crippen LogP contribution in [0.1, 0.15) is 12.0 Å². The molecule has 0 saturated carbocycles. The van der Waals surface area contributed by atoms with Crippen molar-refractivity contribution in [1.29, 1.82) is 0 Å². The van der Waals surface area contributed by atoms with Gasteiger partial charge >= 0.3 is 0 Å². The second-order valence-corrected chi connectivity index (χ2v) is 2.27. The molecule has 0 aliphatic carbocycles. The lowest BCUT2D eigenvalue weighted by Gasteiger charge is -1.99. The summed E-state index contributed by atoms with van der Waals surface area (Å²) in [6.45, 7) is 0. The minimum absolute atomic E-state index is 0.299. The lowest BCUT2D eigenvalue weighted by molar-refractivity contribution is 0.151. The summed E-state index contributed by atoms with van der Waals surface area (Å²) in [4.78, 5) is 12.5. The van der Waals surface area contributed by atoms with Crippen molar-refractivity contribution in [2.75, 3.05) is 0 Å². The average Bonchev–Trinajstić information content (AvgIpc) is 1.85. The zero-order valence-corrected chi connectivity index (χ0v) is 6.03. The molecule has 0 spiro atoms. The summed E-state index contributed by atoms with van der Waals surface area (Å²) < 4.78 is 23.9. The van der Waals surface area contributed by atoms with Crippen molar-refractivity contribution < 1.29 is 8.78 Å². The highest BCUT2D eigenvalue weighted by atomic mass is 35.5. The van der Waals surface area contributed by atoms with Crippen LogP contribution in [0.15, 0.2) is 16.9 Å². The fourth-order valence-electron chi connectivity index (χ4n) is 0.629. The highest BCUT2D eigenvalue weighted by Crippen LogP contribution is 2.22. The van der Waals surface area contributed by atoms with E-state index in [1.165, 1.54) is 0 Å². The van der Waals surface area contributed by atoms with Crippen molar-refractivity contribution in [3.05, 3.63) is 33.2 Å². The second kappa shape index (κ2) is 3.00. The van der Waals surface area contributed by atoms with E-state index < -0.39 is 12.0 Å². The highest BCUT2D eigenvalue weighted by Gasteiger charge is 2.11. The van der Waals surface area contributed by atoms with Crippen molar-refractivity contribution in [1.82, 2.24) is 4.98 Å². The minimum atomic E-state index is -2.65. The van der Waals surface area contributed by atoms with Crippen LogP contribution in [0.4, 0.5) is 8.78 Å². The number of halogens is 3.